The van der Waals surface area contributed by atoms with Crippen molar-refractivity contribution in [1.82, 2.24) is 9.55 Å². The van der Waals surface area contributed by atoms with Gasteiger partial charge in [0.15, 0.2) is 0 Å². The van der Waals surface area contributed by atoms with Gasteiger partial charge in [0, 0.05) is 12.1 Å². The zero-order valence-electron chi connectivity index (χ0n) is 18.5. The van der Waals surface area contributed by atoms with E-state index >= 15 is 0 Å². The first-order valence-electron chi connectivity index (χ1n) is 10.9. The number of hydrogen-bond donors (Lipinski definition) is 0. The molecule has 0 bridgehead atoms. The lowest BCUT2D eigenvalue weighted by molar-refractivity contribution is -0.113. The molecule has 0 N–H and O–H groups in total. The minimum absolute atomic E-state index is 0.0907. The average molecular weight is 437 g/mol. The number of amides is 1. The van der Waals surface area contributed by atoms with E-state index in [4.69, 9.17) is 9.72 Å². The summed E-state index contributed by atoms with van der Waals surface area (Å²) in [5, 5.41) is 0.497. The largest absolute Gasteiger partial charge is 0.495 e. The summed E-state index contributed by atoms with van der Waals surface area (Å²) < 4.78 is 7.06. The standard InChI is InChI=1S/C27H23N3O3/c1-3-16-29-22-13-7-5-10-18(22)20(26(29)31)17-25-28-21-12-6-4-11-19(21)27(32)30(25)23-14-8-9-15-24(23)33-2/h4-15,17H,3,16H2,1-2H3. The number of para-hydroxylation sites is 4. The van der Waals surface area contributed by atoms with Crippen LogP contribution in [-0.2, 0) is 4.79 Å². The Morgan fingerprint density at radius 3 is 2.39 bits per heavy atom. The summed E-state index contributed by atoms with van der Waals surface area (Å²) in [5.74, 6) is 0.828. The van der Waals surface area contributed by atoms with Gasteiger partial charge in [-0.2, -0.15) is 0 Å². The molecule has 2 heterocycles. The molecule has 1 aliphatic heterocycles. The van der Waals surface area contributed by atoms with Gasteiger partial charge in [-0.15, -0.1) is 0 Å². The molecule has 3 aromatic carbocycles. The van der Waals surface area contributed by atoms with Crippen molar-refractivity contribution < 1.29 is 9.53 Å². The summed E-state index contributed by atoms with van der Waals surface area (Å²) in [5.41, 5.74) is 3.15. The second-order valence-electron chi connectivity index (χ2n) is 7.83. The number of benzene rings is 3. The van der Waals surface area contributed by atoms with E-state index < -0.39 is 0 Å². The van der Waals surface area contributed by atoms with Gasteiger partial charge in [0.05, 0.1) is 35.0 Å². The smallest absolute Gasteiger partial charge is 0.266 e. The van der Waals surface area contributed by atoms with Crippen LogP contribution in [0.15, 0.2) is 77.6 Å². The third-order valence-electron chi connectivity index (χ3n) is 5.81. The second kappa shape index (κ2) is 8.39. The molecule has 4 aromatic rings. The van der Waals surface area contributed by atoms with E-state index in [0.717, 1.165) is 17.7 Å². The quantitative estimate of drug-likeness (QED) is 0.425. The van der Waals surface area contributed by atoms with Crippen LogP contribution in [0.3, 0.4) is 0 Å². The van der Waals surface area contributed by atoms with Crippen LogP contribution in [-0.4, -0.2) is 29.1 Å². The SMILES string of the molecule is CCCN1C(=O)C(=Cc2nc3ccccc3c(=O)n2-c2ccccc2OC)c2ccccc21. The lowest BCUT2D eigenvalue weighted by atomic mass is 10.1. The fourth-order valence-corrected chi connectivity index (χ4v) is 4.31. The van der Waals surface area contributed by atoms with Crippen molar-refractivity contribution in [3.05, 3.63) is 94.5 Å². The van der Waals surface area contributed by atoms with Crippen LogP contribution < -0.4 is 15.2 Å². The Morgan fingerprint density at radius 1 is 0.909 bits per heavy atom. The highest BCUT2D eigenvalue weighted by atomic mass is 16.5. The number of fused-ring (bicyclic) bond motifs is 2. The lowest BCUT2D eigenvalue weighted by Gasteiger charge is -2.16. The van der Waals surface area contributed by atoms with Crippen molar-refractivity contribution in [2.75, 3.05) is 18.6 Å². The Bertz CT molecular complexity index is 1470. The molecule has 0 aliphatic carbocycles. The zero-order chi connectivity index (χ0) is 22.9. The minimum Gasteiger partial charge on any atom is -0.495 e. The summed E-state index contributed by atoms with van der Waals surface area (Å²) in [6.45, 7) is 2.67. The predicted molar refractivity (Wildman–Crippen MR) is 131 cm³/mol. The molecule has 33 heavy (non-hydrogen) atoms. The number of anilines is 1. The maximum absolute atomic E-state index is 13.6. The summed E-state index contributed by atoms with van der Waals surface area (Å²) in [6, 6.07) is 22.2. The van der Waals surface area contributed by atoms with Crippen LogP contribution in [0.2, 0.25) is 0 Å². The normalized spacial score (nSPS) is 14.2. The van der Waals surface area contributed by atoms with Crippen LogP contribution in [0.4, 0.5) is 5.69 Å². The topological polar surface area (TPSA) is 64.4 Å². The van der Waals surface area contributed by atoms with Gasteiger partial charge in [-0.3, -0.25) is 14.2 Å². The van der Waals surface area contributed by atoms with Crippen molar-refractivity contribution >= 4 is 34.1 Å². The first-order valence-corrected chi connectivity index (χ1v) is 10.9. The van der Waals surface area contributed by atoms with Crippen molar-refractivity contribution in [2.24, 2.45) is 0 Å². The van der Waals surface area contributed by atoms with E-state index in [0.29, 0.717) is 40.3 Å². The Kier molecular flexibility index (Phi) is 5.26. The predicted octanol–water partition coefficient (Wildman–Crippen LogP) is 4.69. The summed E-state index contributed by atoms with van der Waals surface area (Å²) >= 11 is 0. The molecule has 1 amide bonds. The van der Waals surface area contributed by atoms with Gasteiger partial charge < -0.3 is 9.64 Å². The van der Waals surface area contributed by atoms with Gasteiger partial charge in [0.1, 0.15) is 11.6 Å². The van der Waals surface area contributed by atoms with Crippen molar-refractivity contribution in [3.63, 3.8) is 0 Å². The average Bonchev–Trinajstić information content (AvgIpc) is 3.11. The highest BCUT2D eigenvalue weighted by molar-refractivity contribution is 6.35. The maximum Gasteiger partial charge on any atom is 0.266 e. The third-order valence-corrected chi connectivity index (χ3v) is 5.81. The molecular weight excluding hydrogens is 414 g/mol. The molecule has 0 radical (unpaired) electrons. The number of carbonyl (C=O) groups is 1. The molecule has 0 spiro atoms. The number of aromatic nitrogens is 2. The number of methoxy groups -OCH3 is 1. The van der Waals surface area contributed by atoms with Crippen LogP contribution >= 0.6 is 0 Å². The molecule has 0 saturated heterocycles. The zero-order valence-corrected chi connectivity index (χ0v) is 18.5. The van der Waals surface area contributed by atoms with Gasteiger partial charge in [-0.05, 0) is 42.8 Å². The number of ether oxygens (including phenoxy) is 1. The molecule has 0 atom stereocenters. The Hall–Kier alpha value is -4.19. The minimum atomic E-state index is -0.221. The van der Waals surface area contributed by atoms with E-state index in [2.05, 4.69) is 0 Å². The second-order valence-corrected chi connectivity index (χ2v) is 7.83. The van der Waals surface area contributed by atoms with Crippen molar-refractivity contribution in [3.8, 4) is 11.4 Å². The lowest BCUT2D eigenvalue weighted by Crippen LogP contribution is -2.27. The Balaban J connectivity index is 1.81. The number of rotatable bonds is 5. The number of nitrogens with zero attached hydrogens (tertiary/aromatic N) is 3. The van der Waals surface area contributed by atoms with Crippen molar-refractivity contribution in [2.45, 2.75) is 13.3 Å². The van der Waals surface area contributed by atoms with E-state index in [9.17, 15) is 9.59 Å². The molecule has 0 saturated carbocycles. The Morgan fingerprint density at radius 2 is 1.61 bits per heavy atom. The van der Waals surface area contributed by atoms with E-state index in [1.807, 2.05) is 61.5 Å². The molecule has 6 nitrogen and oxygen atoms in total. The first kappa shape index (κ1) is 20.7. The molecule has 5 rings (SSSR count). The van der Waals surface area contributed by atoms with Gasteiger partial charge in [0.25, 0.3) is 11.5 Å². The molecule has 0 unspecified atom stereocenters. The fourth-order valence-electron chi connectivity index (χ4n) is 4.31. The molecule has 1 aliphatic rings. The molecule has 1 aromatic heterocycles. The van der Waals surface area contributed by atoms with Gasteiger partial charge in [-0.25, -0.2) is 4.98 Å². The van der Waals surface area contributed by atoms with Gasteiger partial charge in [0.2, 0.25) is 0 Å². The molecule has 164 valence electrons. The number of carbonyl (C=O) groups excluding carboxylic acids is 1. The van der Waals surface area contributed by atoms with Crippen LogP contribution in [0.25, 0.3) is 28.2 Å². The summed E-state index contributed by atoms with van der Waals surface area (Å²) in [4.78, 5) is 33.6. The molecular formula is C27H23N3O3. The highest BCUT2D eigenvalue weighted by Crippen LogP contribution is 2.38. The summed E-state index contributed by atoms with van der Waals surface area (Å²) in [7, 11) is 1.57. The maximum atomic E-state index is 13.6. The van der Waals surface area contributed by atoms with E-state index in [-0.39, 0.29) is 11.5 Å². The van der Waals surface area contributed by atoms with E-state index in [1.54, 1.807) is 36.3 Å². The summed E-state index contributed by atoms with van der Waals surface area (Å²) in [6.07, 6.45) is 2.56. The monoisotopic (exact) mass is 437 g/mol. The molecule has 0 fully saturated rings. The van der Waals surface area contributed by atoms with Crippen molar-refractivity contribution in [1.29, 1.82) is 0 Å². The Labute approximate surface area is 191 Å². The van der Waals surface area contributed by atoms with Crippen LogP contribution in [0.5, 0.6) is 5.75 Å². The third kappa shape index (κ3) is 3.40. The van der Waals surface area contributed by atoms with Crippen LogP contribution in [0, 0.1) is 0 Å². The molecule has 6 heteroatoms. The highest BCUT2D eigenvalue weighted by Gasteiger charge is 2.32. The van der Waals surface area contributed by atoms with Gasteiger partial charge in [-0.1, -0.05) is 49.4 Å². The first-order chi connectivity index (χ1) is 16.1. The fraction of sp³-hybridized carbons (Fsp3) is 0.148. The van der Waals surface area contributed by atoms with E-state index in [1.165, 1.54) is 4.57 Å². The van der Waals surface area contributed by atoms with Crippen LogP contribution in [0.1, 0.15) is 24.7 Å². The number of hydrogen-bond acceptors (Lipinski definition) is 4. The van der Waals surface area contributed by atoms with Gasteiger partial charge >= 0.3 is 0 Å².